The zero-order valence-electron chi connectivity index (χ0n) is 10.4. The molecular weight excluding hydrogens is 232 g/mol. The molecule has 1 aromatic rings. The Hall–Kier alpha value is -1.46. The SMILES string of the molecule is CCOC1CC(NCc2ccc(C(=O)O)cn2)C1. The van der Waals surface area contributed by atoms with E-state index in [4.69, 9.17) is 9.84 Å². The zero-order valence-corrected chi connectivity index (χ0v) is 10.4. The van der Waals surface area contributed by atoms with E-state index in [1.165, 1.54) is 6.20 Å². The highest BCUT2D eigenvalue weighted by Crippen LogP contribution is 2.23. The van der Waals surface area contributed by atoms with Crippen LogP contribution in [0, 0.1) is 0 Å². The van der Waals surface area contributed by atoms with Gasteiger partial charge in [0.25, 0.3) is 0 Å². The Bertz CT molecular complexity index is 399. The molecule has 0 unspecified atom stereocenters. The summed E-state index contributed by atoms with van der Waals surface area (Å²) in [5, 5.41) is 12.1. The number of carbonyl (C=O) groups is 1. The molecule has 1 saturated carbocycles. The minimum absolute atomic E-state index is 0.221. The first-order valence-corrected chi connectivity index (χ1v) is 6.22. The smallest absolute Gasteiger partial charge is 0.337 e. The van der Waals surface area contributed by atoms with Gasteiger partial charge in [-0.1, -0.05) is 0 Å². The summed E-state index contributed by atoms with van der Waals surface area (Å²) in [7, 11) is 0. The molecule has 1 heterocycles. The number of hydrogen-bond donors (Lipinski definition) is 2. The molecule has 1 aromatic heterocycles. The van der Waals surface area contributed by atoms with Crippen LogP contribution in [-0.2, 0) is 11.3 Å². The maximum atomic E-state index is 10.7. The van der Waals surface area contributed by atoms with Gasteiger partial charge in [-0.3, -0.25) is 4.98 Å². The summed E-state index contributed by atoms with van der Waals surface area (Å²) in [6, 6.07) is 3.81. The van der Waals surface area contributed by atoms with Crippen LogP contribution < -0.4 is 5.32 Å². The molecule has 0 amide bonds. The van der Waals surface area contributed by atoms with E-state index in [2.05, 4.69) is 10.3 Å². The van der Waals surface area contributed by atoms with E-state index in [-0.39, 0.29) is 5.56 Å². The first-order valence-electron chi connectivity index (χ1n) is 6.22. The first kappa shape index (κ1) is 13.0. The molecule has 0 radical (unpaired) electrons. The van der Waals surface area contributed by atoms with E-state index in [1.54, 1.807) is 12.1 Å². The Balaban J connectivity index is 1.73. The highest BCUT2D eigenvalue weighted by molar-refractivity contribution is 5.87. The summed E-state index contributed by atoms with van der Waals surface area (Å²) in [6.07, 6.45) is 3.88. The number of carboxylic acid groups (broad SMARTS) is 1. The molecule has 18 heavy (non-hydrogen) atoms. The summed E-state index contributed by atoms with van der Waals surface area (Å²) < 4.78 is 5.48. The monoisotopic (exact) mass is 250 g/mol. The fraction of sp³-hybridized carbons (Fsp3) is 0.538. The van der Waals surface area contributed by atoms with E-state index in [0.29, 0.717) is 18.7 Å². The van der Waals surface area contributed by atoms with Crippen LogP contribution in [0.15, 0.2) is 18.3 Å². The third-order valence-corrected chi connectivity index (χ3v) is 3.14. The third kappa shape index (κ3) is 3.27. The van der Waals surface area contributed by atoms with Gasteiger partial charge in [-0.2, -0.15) is 0 Å². The van der Waals surface area contributed by atoms with Crippen molar-refractivity contribution in [1.82, 2.24) is 10.3 Å². The molecule has 0 aromatic carbocycles. The summed E-state index contributed by atoms with van der Waals surface area (Å²) in [5.41, 5.74) is 1.08. The number of nitrogens with one attached hydrogen (secondary N) is 1. The molecule has 0 aliphatic heterocycles. The number of ether oxygens (including phenoxy) is 1. The van der Waals surface area contributed by atoms with Crippen LogP contribution in [0.25, 0.3) is 0 Å². The minimum Gasteiger partial charge on any atom is -0.478 e. The predicted octanol–water partition coefficient (Wildman–Crippen LogP) is 1.44. The Morgan fingerprint density at radius 3 is 2.89 bits per heavy atom. The molecule has 2 N–H and O–H groups in total. The van der Waals surface area contributed by atoms with Crippen LogP contribution in [0.1, 0.15) is 35.8 Å². The molecule has 1 aliphatic carbocycles. The van der Waals surface area contributed by atoms with E-state index < -0.39 is 5.97 Å². The Morgan fingerprint density at radius 1 is 1.56 bits per heavy atom. The fourth-order valence-electron chi connectivity index (χ4n) is 2.01. The number of rotatable bonds is 6. The molecule has 5 nitrogen and oxygen atoms in total. The highest BCUT2D eigenvalue weighted by atomic mass is 16.5. The molecular formula is C13H18N2O3. The van der Waals surface area contributed by atoms with Crippen LogP contribution in [-0.4, -0.2) is 34.8 Å². The number of aromatic nitrogens is 1. The standard InChI is InChI=1S/C13H18N2O3/c1-2-18-12-5-11(6-12)15-8-10-4-3-9(7-14-10)13(16)17/h3-4,7,11-12,15H,2,5-6,8H2,1H3,(H,16,17). The van der Waals surface area contributed by atoms with Gasteiger partial charge < -0.3 is 15.2 Å². The van der Waals surface area contributed by atoms with Crippen LogP contribution in [0.5, 0.6) is 0 Å². The maximum Gasteiger partial charge on any atom is 0.337 e. The van der Waals surface area contributed by atoms with Crippen molar-refractivity contribution in [2.24, 2.45) is 0 Å². The highest BCUT2D eigenvalue weighted by Gasteiger charge is 2.28. The van der Waals surface area contributed by atoms with Gasteiger partial charge in [-0.05, 0) is 31.9 Å². The molecule has 5 heteroatoms. The Kier molecular flexibility index (Phi) is 4.28. The number of aromatic carboxylic acids is 1. The lowest BCUT2D eigenvalue weighted by Gasteiger charge is -2.35. The topological polar surface area (TPSA) is 71.5 Å². The Morgan fingerprint density at radius 2 is 2.33 bits per heavy atom. The molecule has 0 spiro atoms. The van der Waals surface area contributed by atoms with Crippen molar-refractivity contribution < 1.29 is 14.6 Å². The number of nitrogens with zero attached hydrogens (tertiary/aromatic N) is 1. The number of pyridine rings is 1. The van der Waals surface area contributed by atoms with E-state index in [0.717, 1.165) is 25.1 Å². The number of hydrogen-bond acceptors (Lipinski definition) is 4. The second-order valence-corrected chi connectivity index (χ2v) is 4.47. The van der Waals surface area contributed by atoms with Gasteiger partial charge >= 0.3 is 5.97 Å². The summed E-state index contributed by atoms with van der Waals surface area (Å²) in [4.78, 5) is 14.8. The van der Waals surface area contributed by atoms with E-state index >= 15 is 0 Å². The average molecular weight is 250 g/mol. The largest absolute Gasteiger partial charge is 0.478 e. The molecule has 1 fully saturated rings. The lowest BCUT2D eigenvalue weighted by atomic mass is 9.89. The van der Waals surface area contributed by atoms with Gasteiger partial charge in [0.2, 0.25) is 0 Å². The van der Waals surface area contributed by atoms with Crippen LogP contribution in [0.3, 0.4) is 0 Å². The van der Waals surface area contributed by atoms with Crippen molar-refractivity contribution in [3.8, 4) is 0 Å². The molecule has 98 valence electrons. The van der Waals surface area contributed by atoms with Gasteiger partial charge in [-0.15, -0.1) is 0 Å². The molecule has 0 saturated heterocycles. The van der Waals surface area contributed by atoms with Crippen molar-refractivity contribution in [1.29, 1.82) is 0 Å². The second kappa shape index (κ2) is 5.93. The Labute approximate surface area is 106 Å². The maximum absolute atomic E-state index is 10.7. The third-order valence-electron chi connectivity index (χ3n) is 3.14. The molecule has 0 atom stereocenters. The summed E-state index contributed by atoms with van der Waals surface area (Å²) in [6.45, 7) is 3.45. The van der Waals surface area contributed by atoms with E-state index in [9.17, 15) is 4.79 Å². The number of carboxylic acids is 1. The lowest BCUT2D eigenvalue weighted by Crippen LogP contribution is -2.45. The van der Waals surface area contributed by atoms with Crippen molar-refractivity contribution in [3.05, 3.63) is 29.6 Å². The van der Waals surface area contributed by atoms with Crippen molar-refractivity contribution >= 4 is 5.97 Å². The van der Waals surface area contributed by atoms with Crippen molar-refractivity contribution in [2.45, 2.75) is 38.5 Å². The predicted molar refractivity (Wildman–Crippen MR) is 66.5 cm³/mol. The van der Waals surface area contributed by atoms with Gasteiger partial charge in [0.1, 0.15) is 0 Å². The van der Waals surface area contributed by atoms with Crippen LogP contribution in [0.2, 0.25) is 0 Å². The van der Waals surface area contributed by atoms with Gasteiger partial charge in [0.15, 0.2) is 0 Å². The molecule has 1 aliphatic rings. The summed E-state index contributed by atoms with van der Waals surface area (Å²) in [5.74, 6) is -0.944. The zero-order chi connectivity index (χ0) is 13.0. The van der Waals surface area contributed by atoms with Crippen molar-refractivity contribution in [3.63, 3.8) is 0 Å². The van der Waals surface area contributed by atoms with Crippen LogP contribution >= 0.6 is 0 Å². The quantitative estimate of drug-likeness (QED) is 0.799. The lowest BCUT2D eigenvalue weighted by molar-refractivity contribution is -0.0103. The van der Waals surface area contributed by atoms with Gasteiger partial charge in [0.05, 0.1) is 17.4 Å². The molecule has 2 rings (SSSR count). The second-order valence-electron chi connectivity index (χ2n) is 4.47. The summed E-state index contributed by atoms with van der Waals surface area (Å²) >= 11 is 0. The molecule has 0 bridgehead atoms. The first-order chi connectivity index (χ1) is 8.69. The fourth-order valence-corrected chi connectivity index (χ4v) is 2.01. The van der Waals surface area contributed by atoms with Gasteiger partial charge in [-0.25, -0.2) is 4.79 Å². The van der Waals surface area contributed by atoms with Gasteiger partial charge in [0, 0.05) is 25.4 Å². The van der Waals surface area contributed by atoms with Crippen LogP contribution in [0.4, 0.5) is 0 Å². The van der Waals surface area contributed by atoms with Crippen molar-refractivity contribution in [2.75, 3.05) is 6.61 Å². The van der Waals surface area contributed by atoms with E-state index in [1.807, 2.05) is 6.92 Å². The normalized spacial score (nSPS) is 22.5. The average Bonchev–Trinajstić information content (AvgIpc) is 2.32. The minimum atomic E-state index is -0.944.